The zero-order valence-corrected chi connectivity index (χ0v) is 15.0. The van der Waals surface area contributed by atoms with Crippen molar-refractivity contribution in [3.63, 3.8) is 0 Å². The van der Waals surface area contributed by atoms with Gasteiger partial charge in [0.1, 0.15) is 5.69 Å². The van der Waals surface area contributed by atoms with Crippen LogP contribution in [0.15, 0.2) is 42.7 Å². The Bertz CT molecular complexity index is 917. The van der Waals surface area contributed by atoms with Crippen molar-refractivity contribution in [1.82, 2.24) is 30.0 Å². The third-order valence-corrected chi connectivity index (χ3v) is 4.57. The van der Waals surface area contributed by atoms with Crippen LogP contribution < -0.4 is 10.1 Å². The molecule has 0 radical (unpaired) electrons. The number of methoxy groups -OCH3 is 1. The lowest BCUT2D eigenvalue weighted by Gasteiger charge is -2.09. The Morgan fingerprint density at radius 2 is 2.04 bits per heavy atom. The highest BCUT2D eigenvalue weighted by atomic mass is 16.5. The summed E-state index contributed by atoms with van der Waals surface area (Å²) in [6.07, 6.45) is 7.59. The monoisotopic (exact) mass is 364 g/mol. The Morgan fingerprint density at radius 1 is 1.19 bits per heavy atom. The lowest BCUT2D eigenvalue weighted by atomic mass is 10.2. The van der Waals surface area contributed by atoms with Gasteiger partial charge < -0.3 is 10.1 Å². The summed E-state index contributed by atoms with van der Waals surface area (Å²) in [4.78, 5) is 25.6. The van der Waals surface area contributed by atoms with E-state index in [4.69, 9.17) is 4.74 Å². The first-order valence-corrected chi connectivity index (χ1v) is 8.94. The summed E-state index contributed by atoms with van der Waals surface area (Å²) >= 11 is 0. The van der Waals surface area contributed by atoms with E-state index in [0.29, 0.717) is 23.1 Å². The standard InChI is InChI=1S/C19H20N6O2/c1-27-16-10-9-14(12-21-16)25-18(15-8-4-5-11-20-15)23-17(24-25)19(26)22-13-6-2-3-7-13/h4-5,8-13H,2-3,6-7H2,1H3,(H,22,26). The Morgan fingerprint density at radius 3 is 2.70 bits per heavy atom. The second-order valence-electron chi connectivity index (χ2n) is 6.40. The number of rotatable bonds is 5. The molecule has 0 unspecified atom stereocenters. The van der Waals surface area contributed by atoms with Gasteiger partial charge in [0, 0.05) is 18.3 Å². The van der Waals surface area contributed by atoms with E-state index >= 15 is 0 Å². The van der Waals surface area contributed by atoms with Crippen molar-refractivity contribution in [3.05, 3.63) is 48.5 Å². The number of aromatic nitrogens is 5. The van der Waals surface area contributed by atoms with Gasteiger partial charge in [0.25, 0.3) is 5.91 Å². The van der Waals surface area contributed by atoms with E-state index in [-0.39, 0.29) is 17.8 Å². The first kappa shape index (κ1) is 17.1. The summed E-state index contributed by atoms with van der Waals surface area (Å²) in [5, 5.41) is 7.45. The van der Waals surface area contributed by atoms with Crippen LogP contribution in [0.5, 0.6) is 5.88 Å². The molecule has 1 aliphatic rings. The molecular formula is C19H20N6O2. The van der Waals surface area contributed by atoms with E-state index in [1.807, 2.05) is 24.3 Å². The Labute approximate surface area is 156 Å². The Balaban J connectivity index is 1.71. The molecule has 1 aliphatic carbocycles. The fourth-order valence-electron chi connectivity index (χ4n) is 3.19. The number of carbonyl (C=O) groups is 1. The van der Waals surface area contributed by atoms with Crippen molar-refractivity contribution in [2.24, 2.45) is 0 Å². The first-order chi connectivity index (χ1) is 13.2. The van der Waals surface area contributed by atoms with E-state index in [1.165, 1.54) is 0 Å². The molecule has 0 atom stereocenters. The van der Waals surface area contributed by atoms with E-state index < -0.39 is 0 Å². The lowest BCUT2D eigenvalue weighted by Crippen LogP contribution is -2.33. The van der Waals surface area contributed by atoms with Crippen molar-refractivity contribution >= 4 is 5.91 Å². The predicted octanol–water partition coefficient (Wildman–Crippen LogP) is 2.41. The zero-order valence-electron chi connectivity index (χ0n) is 15.0. The smallest absolute Gasteiger partial charge is 0.291 e. The SMILES string of the molecule is COc1ccc(-n2nc(C(=O)NC3CCCC3)nc2-c2ccccn2)cn1. The summed E-state index contributed by atoms with van der Waals surface area (Å²) in [7, 11) is 1.56. The summed E-state index contributed by atoms with van der Waals surface area (Å²) in [5.74, 6) is 0.842. The fourth-order valence-corrected chi connectivity index (χ4v) is 3.19. The van der Waals surface area contributed by atoms with Crippen molar-refractivity contribution < 1.29 is 9.53 Å². The van der Waals surface area contributed by atoms with Crippen molar-refractivity contribution in [1.29, 1.82) is 0 Å². The van der Waals surface area contributed by atoms with Gasteiger partial charge in [-0.3, -0.25) is 9.78 Å². The predicted molar refractivity (Wildman–Crippen MR) is 98.7 cm³/mol. The van der Waals surface area contributed by atoms with Gasteiger partial charge in [0.15, 0.2) is 5.82 Å². The van der Waals surface area contributed by atoms with E-state index in [1.54, 1.807) is 30.3 Å². The average Bonchev–Trinajstić information content (AvgIpc) is 3.39. The van der Waals surface area contributed by atoms with E-state index in [9.17, 15) is 4.79 Å². The number of hydrogen-bond donors (Lipinski definition) is 1. The highest BCUT2D eigenvalue weighted by Crippen LogP contribution is 2.21. The number of ether oxygens (including phenoxy) is 1. The van der Waals surface area contributed by atoms with Crippen LogP contribution in [0.25, 0.3) is 17.2 Å². The van der Waals surface area contributed by atoms with Crippen molar-refractivity contribution in [3.8, 4) is 23.1 Å². The number of pyridine rings is 2. The first-order valence-electron chi connectivity index (χ1n) is 8.94. The van der Waals surface area contributed by atoms with Gasteiger partial charge >= 0.3 is 0 Å². The van der Waals surface area contributed by atoms with Gasteiger partial charge in [-0.2, -0.15) is 0 Å². The van der Waals surface area contributed by atoms with Crippen LogP contribution in [0.1, 0.15) is 36.3 Å². The topological polar surface area (TPSA) is 94.8 Å². The van der Waals surface area contributed by atoms with Crippen LogP contribution >= 0.6 is 0 Å². The molecular weight excluding hydrogens is 344 g/mol. The molecule has 3 aromatic heterocycles. The molecule has 3 heterocycles. The number of nitrogens with zero attached hydrogens (tertiary/aromatic N) is 5. The quantitative estimate of drug-likeness (QED) is 0.747. The van der Waals surface area contributed by atoms with Gasteiger partial charge in [-0.05, 0) is 31.0 Å². The second kappa shape index (κ2) is 7.53. The van der Waals surface area contributed by atoms with Gasteiger partial charge in [0.05, 0.1) is 19.0 Å². The molecule has 138 valence electrons. The van der Waals surface area contributed by atoms with Gasteiger partial charge in [-0.1, -0.05) is 18.9 Å². The van der Waals surface area contributed by atoms with Crippen LogP contribution in [0.4, 0.5) is 0 Å². The molecule has 8 heteroatoms. The van der Waals surface area contributed by atoms with Gasteiger partial charge in [-0.25, -0.2) is 14.6 Å². The normalized spacial score (nSPS) is 14.3. The minimum absolute atomic E-state index is 0.123. The summed E-state index contributed by atoms with van der Waals surface area (Å²) in [6, 6.07) is 9.27. The van der Waals surface area contributed by atoms with Crippen molar-refractivity contribution in [2.45, 2.75) is 31.7 Å². The molecule has 4 rings (SSSR count). The molecule has 0 spiro atoms. The number of hydrogen-bond acceptors (Lipinski definition) is 6. The summed E-state index contributed by atoms with van der Waals surface area (Å²) in [6.45, 7) is 0. The molecule has 1 N–H and O–H groups in total. The fraction of sp³-hybridized carbons (Fsp3) is 0.316. The number of amides is 1. The Hall–Kier alpha value is -3.29. The average molecular weight is 364 g/mol. The third-order valence-electron chi connectivity index (χ3n) is 4.57. The van der Waals surface area contributed by atoms with Crippen LogP contribution in [0.3, 0.4) is 0 Å². The molecule has 1 fully saturated rings. The molecule has 0 aromatic carbocycles. The molecule has 8 nitrogen and oxygen atoms in total. The van der Waals surface area contributed by atoms with Crippen LogP contribution in [0, 0.1) is 0 Å². The van der Waals surface area contributed by atoms with Crippen LogP contribution in [-0.2, 0) is 0 Å². The summed E-state index contributed by atoms with van der Waals surface area (Å²) < 4.78 is 6.69. The minimum Gasteiger partial charge on any atom is -0.481 e. The van der Waals surface area contributed by atoms with E-state index in [2.05, 4.69) is 25.4 Å². The molecule has 0 bridgehead atoms. The van der Waals surface area contributed by atoms with Crippen LogP contribution in [0.2, 0.25) is 0 Å². The maximum absolute atomic E-state index is 12.6. The molecule has 1 saturated carbocycles. The zero-order chi connectivity index (χ0) is 18.6. The van der Waals surface area contributed by atoms with Gasteiger partial charge in [0.2, 0.25) is 11.7 Å². The molecule has 0 aliphatic heterocycles. The number of carbonyl (C=O) groups excluding carboxylic acids is 1. The minimum atomic E-state index is -0.265. The maximum atomic E-state index is 12.6. The van der Waals surface area contributed by atoms with Crippen molar-refractivity contribution in [2.75, 3.05) is 7.11 Å². The molecule has 0 saturated heterocycles. The van der Waals surface area contributed by atoms with Gasteiger partial charge in [-0.15, -0.1) is 5.10 Å². The third kappa shape index (κ3) is 3.64. The largest absolute Gasteiger partial charge is 0.481 e. The van der Waals surface area contributed by atoms with E-state index in [0.717, 1.165) is 25.7 Å². The molecule has 1 amide bonds. The molecule has 27 heavy (non-hydrogen) atoms. The maximum Gasteiger partial charge on any atom is 0.291 e. The van der Waals surface area contributed by atoms with Crippen LogP contribution in [-0.4, -0.2) is 43.8 Å². The highest BCUT2D eigenvalue weighted by molar-refractivity contribution is 5.91. The Kier molecular flexibility index (Phi) is 4.78. The number of nitrogens with one attached hydrogen (secondary N) is 1. The molecule has 3 aromatic rings. The highest BCUT2D eigenvalue weighted by Gasteiger charge is 2.23. The lowest BCUT2D eigenvalue weighted by molar-refractivity contribution is 0.0927. The second-order valence-corrected chi connectivity index (χ2v) is 6.40. The summed E-state index contributed by atoms with van der Waals surface area (Å²) in [5.41, 5.74) is 1.30.